The smallest absolute Gasteiger partial charge is 0.264 e. The summed E-state index contributed by atoms with van der Waals surface area (Å²) in [5, 5.41) is -0.766. The zero-order valence-electron chi connectivity index (χ0n) is 21.3. The monoisotopic (exact) mass is 686 g/mol. The molecule has 0 N–H and O–H groups in total. The van der Waals surface area contributed by atoms with E-state index in [1.54, 1.807) is 18.2 Å². The van der Waals surface area contributed by atoms with Crippen molar-refractivity contribution in [3.05, 3.63) is 77.1 Å². The molecule has 40 heavy (non-hydrogen) atoms. The number of β-lactam (4-membered cyclic amide) rings is 1. The fourth-order valence-corrected chi connectivity index (χ4v) is 6.28. The van der Waals surface area contributed by atoms with Crippen LogP contribution in [0.4, 0.5) is 5.69 Å². The van der Waals surface area contributed by atoms with Crippen LogP contribution in [0, 0.1) is 6.92 Å². The normalized spacial score (nSPS) is 18.2. The first-order chi connectivity index (χ1) is 19.0. The van der Waals surface area contributed by atoms with Crippen molar-refractivity contribution in [2.45, 2.75) is 19.0 Å². The molecule has 5 rings (SSSR count). The summed E-state index contributed by atoms with van der Waals surface area (Å²) in [6.45, 7) is 1.88. The minimum absolute atomic E-state index is 0.164. The van der Waals surface area contributed by atoms with E-state index < -0.39 is 29.8 Å². The number of carbonyl (C=O) groups is 3. The first kappa shape index (κ1) is 28.8. The second kappa shape index (κ2) is 10.6. The van der Waals surface area contributed by atoms with Gasteiger partial charge in [-0.25, -0.2) is 0 Å². The predicted octanol–water partition coefficient (Wildman–Crippen LogP) is 7.15. The lowest BCUT2D eigenvalue weighted by molar-refractivity contribution is -0.130. The van der Waals surface area contributed by atoms with Gasteiger partial charge < -0.3 is 19.1 Å². The van der Waals surface area contributed by atoms with Crippen LogP contribution in [0.2, 0.25) is 20.1 Å². The number of imide groups is 1. The molecule has 3 aromatic carbocycles. The van der Waals surface area contributed by atoms with Crippen LogP contribution >= 0.6 is 62.3 Å². The topological polar surface area (TPSA) is 85.4 Å². The van der Waals surface area contributed by atoms with Gasteiger partial charge in [0.2, 0.25) is 5.75 Å². The van der Waals surface area contributed by atoms with Crippen LogP contribution in [0.1, 0.15) is 37.9 Å². The largest absolute Gasteiger partial charge is 0.493 e. The quantitative estimate of drug-likeness (QED) is 0.118. The summed E-state index contributed by atoms with van der Waals surface area (Å²) in [7, 11) is 4.39. The van der Waals surface area contributed by atoms with Crippen LogP contribution in [0.15, 0.2) is 34.8 Å². The average Bonchev–Trinajstić information content (AvgIpc) is 3.19. The number of hydrogen-bond acceptors (Lipinski definition) is 6. The van der Waals surface area contributed by atoms with Crippen molar-refractivity contribution in [1.82, 2.24) is 4.90 Å². The van der Waals surface area contributed by atoms with Gasteiger partial charge in [0.1, 0.15) is 6.04 Å². The summed E-state index contributed by atoms with van der Waals surface area (Å²) in [4.78, 5) is 43.6. The highest BCUT2D eigenvalue weighted by atomic mass is 79.9. The number of nitrogens with zero attached hydrogens (tertiary/aromatic N) is 2. The highest BCUT2D eigenvalue weighted by Crippen LogP contribution is 2.51. The number of benzene rings is 3. The Kier molecular flexibility index (Phi) is 7.65. The van der Waals surface area contributed by atoms with Crippen LogP contribution in [-0.4, -0.2) is 50.0 Å². The first-order valence-electron chi connectivity index (χ1n) is 11.6. The van der Waals surface area contributed by atoms with Gasteiger partial charge in [0, 0.05) is 10.2 Å². The van der Waals surface area contributed by atoms with E-state index in [9.17, 15) is 14.4 Å². The molecule has 8 nitrogen and oxygen atoms in total. The fourth-order valence-electron chi connectivity index (χ4n) is 5.01. The summed E-state index contributed by atoms with van der Waals surface area (Å²) >= 11 is 28.5. The van der Waals surface area contributed by atoms with Gasteiger partial charge in [0.05, 0.1) is 58.6 Å². The standard InChI is InChI=1S/C27H19BrCl4N2O6/c1-10-7-12(5-6-13(10)28)33-22(11-8-14(38-2)24(40-4)15(9-11)39-3)23(27(33)37)34-25(35)16-17(26(34)36)19(30)21(32)20(31)18(16)29/h5-9,22-23H,1-4H3/t22-,23-/m0/s1. The molecule has 1 fully saturated rings. The fraction of sp³-hybridized carbons (Fsp3) is 0.222. The maximum atomic E-state index is 13.9. The molecule has 2 atom stereocenters. The number of carbonyl (C=O) groups excluding carboxylic acids is 3. The number of hydrogen-bond donors (Lipinski definition) is 0. The van der Waals surface area contributed by atoms with Crippen molar-refractivity contribution in [2.24, 2.45) is 0 Å². The molecule has 0 aromatic heterocycles. The van der Waals surface area contributed by atoms with Gasteiger partial charge in [0.15, 0.2) is 11.5 Å². The summed E-state index contributed by atoms with van der Waals surface area (Å²) in [6, 6.07) is 6.61. The average molecular weight is 689 g/mol. The third-order valence-electron chi connectivity index (χ3n) is 6.93. The summed E-state index contributed by atoms with van der Waals surface area (Å²) < 4.78 is 17.4. The molecule has 1 saturated heterocycles. The molecule has 0 saturated carbocycles. The number of halogens is 5. The second-order valence-corrected chi connectivity index (χ2v) is 11.3. The van der Waals surface area contributed by atoms with Crippen LogP contribution in [0.25, 0.3) is 0 Å². The summed E-state index contributed by atoms with van der Waals surface area (Å²) in [5.41, 5.74) is 1.53. The number of rotatable bonds is 6. The van der Waals surface area contributed by atoms with Crippen molar-refractivity contribution < 1.29 is 28.6 Å². The number of fused-ring (bicyclic) bond motifs is 1. The zero-order chi connectivity index (χ0) is 29.2. The Hall–Kier alpha value is -2.69. The van der Waals surface area contributed by atoms with E-state index in [-0.39, 0.29) is 31.2 Å². The molecule has 0 radical (unpaired) electrons. The third kappa shape index (κ3) is 4.13. The molecule has 0 unspecified atom stereocenters. The van der Waals surface area contributed by atoms with Crippen molar-refractivity contribution >= 4 is 85.7 Å². The summed E-state index contributed by atoms with van der Waals surface area (Å²) in [6.07, 6.45) is 0. The van der Waals surface area contributed by atoms with E-state index in [1.165, 1.54) is 26.2 Å². The maximum absolute atomic E-state index is 13.9. The Morgan fingerprint density at radius 2 is 1.25 bits per heavy atom. The van der Waals surface area contributed by atoms with Crippen LogP contribution in [-0.2, 0) is 4.79 Å². The molecule has 208 valence electrons. The van der Waals surface area contributed by atoms with Crippen LogP contribution in [0.5, 0.6) is 17.2 Å². The number of anilines is 1. The molecule has 0 spiro atoms. The first-order valence-corrected chi connectivity index (χ1v) is 13.9. The molecule has 0 bridgehead atoms. The van der Waals surface area contributed by atoms with Gasteiger partial charge >= 0.3 is 0 Å². The lowest BCUT2D eigenvalue weighted by Gasteiger charge is -2.50. The maximum Gasteiger partial charge on any atom is 0.264 e. The van der Waals surface area contributed by atoms with Gasteiger partial charge in [-0.1, -0.05) is 62.3 Å². The molecular weight excluding hydrogens is 670 g/mol. The molecule has 2 aliphatic rings. The van der Waals surface area contributed by atoms with Crippen LogP contribution < -0.4 is 19.1 Å². The molecule has 13 heteroatoms. The van der Waals surface area contributed by atoms with Gasteiger partial charge in [0.25, 0.3) is 17.7 Å². The Labute approximate surface area is 257 Å². The van der Waals surface area contributed by atoms with Crippen molar-refractivity contribution in [1.29, 1.82) is 0 Å². The van der Waals surface area contributed by atoms with Gasteiger partial charge in [-0.05, 0) is 48.4 Å². The predicted molar refractivity (Wildman–Crippen MR) is 156 cm³/mol. The van der Waals surface area contributed by atoms with E-state index in [2.05, 4.69) is 15.9 Å². The van der Waals surface area contributed by atoms with Gasteiger partial charge in [-0.3, -0.25) is 19.3 Å². The Morgan fingerprint density at radius 3 is 1.70 bits per heavy atom. The lowest BCUT2D eigenvalue weighted by Crippen LogP contribution is -2.67. The molecule has 2 heterocycles. The highest BCUT2D eigenvalue weighted by molar-refractivity contribution is 9.10. The lowest BCUT2D eigenvalue weighted by atomic mass is 9.85. The van der Waals surface area contributed by atoms with Gasteiger partial charge in [-0.2, -0.15) is 0 Å². The highest BCUT2D eigenvalue weighted by Gasteiger charge is 2.58. The summed E-state index contributed by atoms with van der Waals surface area (Å²) in [5.74, 6) is -1.13. The number of amides is 3. The van der Waals surface area contributed by atoms with E-state index >= 15 is 0 Å². The van der Waals surface area contributed by atoms with E-state index in [0.717, 1.165) is 14.9 Å². The minimum atomic E-state index is -1.26. The van der Waals surface area contributed by atoms with Crippen LogP contribution in [0.3, 0.4) is 0 Å². The number of aryl methyl sites for hydroxylation is 1. The number of methoxy groups -OCH3 is 3. The van der Waals surface area contributed by atoms with Crippen molar-refractivity contribution in [3.8, 4) is 17.2 Å². The van der Waals surface area contributed by atoms with E-state index in [0.29, 0.717) is 28.5 Å². The molecule has 2 aliphatic heterocycles. The molecule has 3 amide bonds. The third-order valence-corrected chi connectivity index (χ3v) is 9.62. The Balaban J connectivity index is 1.70. The van der Waals surface area contributed by atoms with E-state index in [1.807, 2.05) is 19.1 Å². The van der Waals surface area contributed by atoms with Crippen molar-refractivity contribution in [2.75, 3.05) is 26.2 Å². The second-order valence-electron chi connectivity index (χ2n) is 8.98. The Bertz CT molecular complexity index is 1560. The SMILES string of the molecule is COc1cc([C@H]2[C@H](N3C(=O)c4c(Cl)c(Cl)c(Cl)c(Cl)c4C3=O)C(=O)N2c2ccc(Br)c(C)c2)cc(OC)c1OC. The molecule has 0 aliphatic carbocycles. The molecular formula is C27H19BrCl4N2O6. The van der Waals surface area contributed by atoms with Gasteiger partial charge in [-0.15, -0.1) is 0 Å². The Morgan fingerprint density at radius 1 is 0.725 bits per heavy atom. The number of ether oxygens (including phenoxy) is 3. The van der Waals surface area contributed by atoms with E-state index in [4.69, 9.17) is 60.6 Å². The molecule has 3 aromatic rings. The minimum Gasteiger partial charge on any atom is -0.493 e. The zero-order valence-corrected chi connectivity index (χ0v) is 25.9. The van der Waals surface area contributed by atoms with Crippen molar-refractivity contribution in [3.63, 3.8) is 0 Å².